The zero-order valence-corrected chi connectivity index (χ0v) is 11.2. The molecule has 2 nitrogen and oxygen atoms in total. The SMILES string of the molecule is O=C(C[C@@H]1CCc2ccccc2C1=O)c1ccccc1. The Hall–Kier alpha value is -2.22. The van der Waals surface area contributed by atoms with Crippen LogP contribution in [0.2, 0.25) is 0 Å². The molecule has 0 spiro atoms. The lowest BCUT2D eigenvalue weighted by molar-refractivity contribution is 0.0836. The standard InChI is InChI=1S/C18H16O2/c19-17(14-7-2-1-3-8-14)12-15-11-10-13-6-4-5-9-16(13)18(15)20/h1-9,15H,10-12H2/t15-/m0/s1. The average molecular weight is 264 g/mol. The van der Waals surface area contributed by atoms with E-state index in [1.165, 1.54) is 0 Å². The first kappa shape index (κ1) is 12.8. The van der Waals surface area contributed by atoms with E-state index in [1.807, 2.05) is 54.6 Å². The Balaban J connectivity index is 1.77. The molecule has 0 N–H and O–H groups in total. The summed E-state index contributed by atoms with van der Waals surface area (Å²) in [5.41, 5.74) is 2.60. The molecule has 0 bridgehead atoms. The molecule has 0 amide bonds. The Morgan fingerprint density at radius 3 is 2.50 bits per heavy atom. The number of hydrogen-bond donors (Lipinski definition) is 0. The van der Waals surface area contributed by atoms with Crippen molar-refractivity contribution >= 4 is 11.6 Å². The summed E-state index contributed by atoms with van der Waals surface area (Å²) in [5, 5.41) is 0. The molecule has 2 aromatic carbocycles. The number of carbonyl (C=O) groups excluding carboxylic acids is 2. The molecular formula is C18H16O2. The molecule has 2 aromatic rings. The van der Waals surface area contributed by atoms with Gasteiger partial charge in [-0.3, -0.25) is 9.59 Å². The van der Waals surface area contributed by atoms with Gasteiger partial charge in [0.25, 0.3) is 0 Å². The maximum absolute atomic E-state index is 12.4. The van der Waals surface area contributed by atoms with Gasteiger partial charge in [0.15, 0.2) is 11.6 Å². The second-order valence-corrected chi connectivity index (χ2v) is 5.25. The van der Waals surface area contributed by atoms with Crippen molar-refractivity contribution in [3.8, 4) is 0 Å². The summed E-state index contributed by atoms with van der Waals surface area (Å²) < 4.78 is 0. The van der Waals surface area contributed by atoms with Crippen LogP contribution in [-0.4, -0.2) is 11.6 Å². The Morgan fingerprint density at radius 1 is 1.00 bits per heavy atom. The van der Waals surface area contributed by atoms with Crippen molar-refractivity contribution in [2.45, 2.75) is 19.3 Å². The molecule has 0 fully saturated rings. The topological polar surface area (TPSA) is 34.1 Å². The van der Waals surface area contributed by atoms with E-state index < -0.39 is 0 Å². The predicted molar refractivity (Wildman–Crippen MR) is 78.0 cm³/mol. The molecule has 0 saturated heterocycles. The highest BCUT2D eigenvalue weighted by Crippen LogP contribution is 2.28. The monoisotopic (exact) mass is 264 g/mol. The van der Waals surface area contributed by atoms with Gasteiger partial charge in [0.2, 0.25) is 0 Å². The molecule has 0 unspecified atom stereocenters. The summed E-state index contributed by atoms with van der Waals surface area (Å²) in [4.78, 5) is 24.6. The van der Waals surface area contributed by atoms with Crippen LogP contribution in [0.5, 0.6) is 0 Å². The maximum atomic E-state index is 12.4. The normalized spacial score (nSPS) is 17.6. The molecule has 0 saturated carbocycles. The van der Waals surface area contributed by atoms with E-state index in [2.05, 4.69) is 0 Å². The largest absolute Gasteiger partial charge is 0.294 e. The Labute approximate surface area is 118 Å². The lowest BCUT2D eigenvalue weighted by Gasteiger charge is -2.22. The van der Waals surface area contributed by atoms with Gasteiger partial charge in [0, 0.05) is 23.5 Å². The number of aryl methyl sites for hydroxylation is 1. The number of Topliss-reactive ketones (excluding diaryl/α,β-unsaturated/α-hetero) is 2. The van der Waals surface area contributed by atoms with E-state index in [9.17, 15) is 9.59 Å². The number of fused-ring (bicyclic) bond motifs is 1. The molecule has 1 aliphatic rings. The average Bonchev–Trinajstić information content (AvgIpc) is 2.51. The van der Waals surface area contributed by atoms with Crippen LogP contribution < -0.4 is 0 Å². The molecule has 0 radical (unpaired) electrons. The number of hydrogen-bond acceptors (Lipinski definition) is 2. The summed E-state index contributed by atoms with van der Waals surface area (Å²) in [7, 11) is 0. The van der Waals surface area contributed by atoms with Crippen LogP contribution in [0.3, 0.4) is 0 Å². The summed E-state index contributed by atoms with van der Waals surface area (Å²) in [6, 6.07) is 16.9. The first-order valence-electron chi connectivity index (χ1n) is 6.96. The van der Waals surface area contributed by atoms with Crippen molar-refractivity contribution in [3.63, 3.8) is 0 Å². The van der Waals surface area contributed by atoms with Gasteiger partial charge in [-0.2, -0.15) is 0 Å². The molecule has 3 rings (SSSR count). The molecule has 0 aliphatic heterocycles. The van der Waals surface area contributed by atoms with Crippen molar-refractivity contribution in [1.29, 1.82) is 0 Å². The van der Waals surface area contributed by atoms with E-state index in [-0.39, 0.29) is 17.5 Å². The predicted octanol–water partition coefficient (Wildman–Crippen LogP) is 3.70. The molecule has 20 heavy (non-hydrogen) atoms. The van der Waals surface area contributed by atoms with Gasteiger partial charge in [0.1, 0.15) is 0 Å². The van der Waals surface area contributed by atoms with Gasteiger partial charge in [0.05, 0.1) is 0 Å². The molecule has 1 atom stereocenters. The van der Waals surface area contributed by atoms with Crippen LogP contribution >= 0.6 is 0 Å². The second-order valence-electron chi connectivity index (χ2n) is 5.25. The van der Waals surface area contributed by atoms with Crippen LogP contribution in [0.15, 0.2) is 54.6 Å². The van der Waals surface area contributed by atoms with Crippen molar-refractivity contribution in [1.82, 2.24) is 0 Å². The van der Waals surface area contributed by atoms with Crippen LogP contribution in [0.1, 0.15) is 39.1 Å². The van der Waals surface area contributed by atoms with Crippen LogP contribution in [-0.2, 0) is 6.42 Å². The van der Waals surface area contributed by atoms with Crippen LogP contribution in [0.25, 0.3) is 0 Å². The highest BCUT2D eigenvalue weighted by Gasteiger charge is 2.28. The maximum Gasteiger partial charge on any atom is 0.166 e. The summed E-state index contributed by atoms with van der Waals surface area (Å²) in [6.45, 7) is 0. The first-order chi connectivity index (χ1) is 9.75. The fourth-order valence-corrected chi connectivity index (χ4v) is 2.82. The fraction of sp³-hybridized carbons (Fsp3) is 0.222. The number of ketones is 2. The Bertz CT molecular complexity index is 643. The molecule has 0 aromatic heterocycles. The lowest BCUT2D eigenvalue weighted by Crippen LogP contribution is -2.25. The van der Waals surface area contributed by atoms with E-state index in [0.29, 0.717) is 12.0 Å². The molecule has 100 valence electrons. The molecular weight excluding hydrogens is 248 g/mol. The minimum Gasteiger partial charge on any atom is -0.294 e. The smallest absolute Gasteiger partial charge is 0.166 e. The van der Waals surface area contributed by atoms with E-state index in [0.717, 1.165) is 24.0 Å². The lowest BCUT2D eigenvalue weighted by atomic mass is 9.80. The van der Waals surface area contributed by atoms with E-state index in [4.69, 9.17) is 0 Å². The number of carbonyl (C=O) groups is 2. The number of benzene rings is 2. The summed E-state index contributed by atoms with van der Waals surface area (Å²) in [5.74, 6) is 0.0112. The quantitative estimate of drug-likeness (QED) is 0.792. The van der Waals surface area contributed by atoms with E-state index in [1.54, 1.807) is 0 Å². The third-order valence-electron chi connectivity index (χ3n) is 3.94. The van der Waals surface area contributed by atoms with Gasteiger partial charge in [-0.1, -0.05) is 54.6 Å². The van der Waals surface area contributed by atoms with Gasteiger partial charge in [-0.15, -0.1) is 0 Å². The third-order valence-corrected chi connectivity index (χ3v) is 3.94. The zero-order valence-electron chi connectivity index (χ0n) is 11.2. The highest BCUT2D eigenvalue weighted by atomic mass is 16.1. The third kappa shape index (κ3) is 2.42. The Kier molecular flexibility index (Phi) is 3.46. The van der Waals surface area contributed by atoms with Crippen LogP contribution in [0, 0.1) is 5.92 Å². The fourth-order valence-electron chi connectivity index (χ4n) is 2.82. The van der Waals surface area contributed by atoms with Crippen LogP contribution in [0.4, 0.5) is 0 Å². The van der Waals surface area contributed by atoms with Crippen molar-refractivity contribution in [2.75, 3.05) is 0 Å². The van der Waals surface area contributed by atoms with Crippen molar-refractivity contribution < 1.29 is 9.59 Å². The Morgan fingerprint density at radius 2 is 1.70 bits per heavy atom. The minimum atomic E-state index is -0.169. The first-order valence-corrected chi connectivity index (χ1v) is 6.96. The number of rotatable bonds is 3. The van der Waals surface area contributed by atoms with Gasteiger partial charge < -0.3 is 0 Å². The minimum absolute atomic E-state index is 0.0586. The highest BCUT2D eigenvalue weighted by molar-refractivity contribution is 6.04. The van der Waals surface area contributed by atoms with Crippen molar-refractivity contribution in [2.24, 2.45) is 5.92 Å². The van der Waals surface area contributed by atoms with Gasteiger partial charge in [-0.25, -0.2) is 0 Å². The summed E-state index contributed by atoms with van der Waals surface area (Å²) >= 11 is 0. The molecule has 1 aliphatic carbocycles. The molecule has 2 heteroatoms. The van der Waals surface area contributed by atoms with Gasteiger partial charge >= 0.3 is 0 Å². The summed E-state index contributed by atoms with van der Waals surface area (Å²) in [6.07, 6.45) is 1.97. The second kappa shape index (κ2) is 5.41. The van der Waals surface area contributed by atoms with E-state index >= 15 is 0 Å². The zero-order chi connectivity index (χ0) is 13.9. The molecule has 0 heterocycles. The van der Waals surface area contributed by atoms with Crippen molar-refractivity contribution in [3.05, 3.63) is 71.3 Å². The van der Waals surface area contributed by atoms with Gasteiger partial charge in [-0.05, 0) is 18.4 Å².